The summed E-state index contributed by atoms with van der Waals surface area (Å²) in [5.74, 6) is 0.262. The van der Waals surface area contributed by atoms with Crippen LogP contribution in [0.5, 0.6) is 0 Å². The third-order valence-electron chi connectivity index (χ3n) is 5.02. The van der Waals surface area contributed by atoms with Crippen LogP contribution in [0.2, 0.25) is 0 Å². The molecule has 0 aliphatic carbocycles. The van der Waals surface area contributed by atoms with Crippen LogP contribution in [0.1, 0.15) is 35.4 Å². The van der Waals surface area contributed by atoms with Crippen LogP contribution >= 0.6 is 11.3 Å². The SMILES string of the molecule is Cc1ncsc1CCN(C)C(=O)[C@@H]1CCCCN1Cc1ccccc1. The van der Waals surface area contributed by atoms with Crippen molar-refractivity contribution in [2.24, 2.45) is 0 Å². The quantitative estimate of drug-likeness (QED) is 0.794. The Bertz CT molecular complexity index is 685. The first-order valence-corrected chi connectivity index (χ1v) is 9.95. The van der Waals surface area contributed by atoms with Crippen molar-refractivity contribution in [3.63, 3.8) is 0 Å². The number of rotatable bonds is 6. The van der Waals surface area contributed by atoms with Crippen LogP contribution in [-0.2, 0) is 17.8 Å². The molecule has 1 fully saturated rings. The second-order valence-electron chi connectivity index (χ2n) is 6.84. The molecule has 0 unspecified atom stereocenters. The molecule has 0 spiro atoms. The first-order valence-electron chi connectivity index (χ1n) is 9.07. The number of likely N-dealkylation sites (tertiary alicyclic amines) is 1. The fraction of sp³-hybridized carbons (Fsp3) is 0.500. The van der Waals surface area contributed by atoms with Gasteiger partial charge in [-0.1, -0.05) is 36.8 Å². The van der Waals surface area contributed by atoms with Gasteiger partial charge in [0.25, 0.3) is 0 Å². The van der Waals surface area contributed by atoms with Gasteiger partial charge in [-0.15, -0.1) is 11.3 Å². The average molecular weight is 358 g/mol. The molecule has 0 radical (unpaired) electrons. The Morgan fingerprint density at radius 1 is 1.32 bits per heavy atom. The van der Waals surface area contributed by atoms with Crippen LogP contribution in [0.3, 0.4) is 0 Å². The van der Waals surface area contributed by atoms with Gasteiger partial charge in [-0.05, 0) is 31.9 Å². The zero-order valence-corrected chi connectivity index (χ0v) is 16.0. The summed E-state index contributed by atoms with van der Waals surface area (Å²) in [6.07, 6.45) is 4.18. The van der Waals surface area contributed by atoms with Gasteiger partial charge in [0.15, 0.2) is 0 Å². The van der Waals surface area contributed by atoms with E-state index >= 15 is 0 Å². The third-order valence-corrected chi connectivity index (χ3v) is 6.02. The fourth-order valence-corrected chi connectivity index (χ4v) is 4.25. The molecule has 2 heterocycles. The summed E-state index contributed by atoms with van der Waals surface area (Å²) in [6, 6.07) is 10.5. The molecule has 0 saturated carbocycles. The Morgan fingerprint density at radius 2 is 2.12 bits per heavy atom. The van der Waals surface area contributed by atoms with Crippen LogP contribution in [0.4, 0.5) is 0 Å². The number of aromatic nitrogens is 1. The number of hydrogen-bond donors (Lipinski definition) is 0. The Morgan fingerprint density at radius 3 is 2.84 bits per heavy atom. The van der Waals surface area contributed by atoms with Crippen molar-refractivity contribution in [1.82, 2.24) is 14.8 Å². The molecule has 1 aliphatic heterocycles. The highest BCUT2D eigenvalue weighted by molar-refractivity contribution is 7.09. The monoisotopic (exact) mass is 357 g/mol. The number of carbonyl (C=O) groups excluding carboxylic acids is 1. The van der Waals surface area contributed by atoms with Gasteiger partial charge in [-0.25, -0.2) is 4.98 Å². The molecular formula is C20H27N3OS. The van der Waals surface area contributed by atoms with Crippen molar-refractivity contribution in [3.8, 4) is 0 Å². The van der Waals surface area contributed by atoms with Gasteiger partial charge in [0.2, 0.25) is 5.91 Å². The predicted octanol–water partition coefficient (Wildman–Crippen LogP) is 3.51. The molecule has 0 N–H and O–H groups in total. The molecule has 1 saturated heterocycles. The van der Waals surface area contributed by atoms with Crippen LogP contribution in [-0.4, -0.2) is 46.9 Å². The van der Waals surface area contributed by atoms with Crippen molar-refractivity contribution in [1.29, 1.82) is 0 Å². The minimum Gasteiger partial charge on any atom is -0.344 e. The molecule has 134 valence electrons. The van der Waals surface area contributed by atoms with Gasteiger partial charge in [-0.2, -0.15) is 0 Å². The summed E-state index contributed by atoms with van der Waals surface area (Å²) in [5.41, 5.74) is 4.26. The lowest BCUT2D eigenvalue weighted by atomic mass is 10.00. The molecule has 1 aromatic heterocycles. The molecule has 0 bridgehead atoms. The Labute approximate surface area is 154 Å². The molecule has 1 aromatic carbocycles. The minimum absolute atomic E-state index is 0.0153. The lowest BCUT2D eigenvalue weighted by Gasteiger charge is -2.36. The summed E-state index contributed by atoms with van der Waals surface area (Å²) in [5, 5.41) is 0. The van der Waals surface area contributed by atoms with Crippen molar-refractivity contribution in [2.75, 3.05) is 20.1 Å². The maximum atomic E-state index is 13.0. The molecule has 5 heteroatoms. The van der Waals surface area contributed by atoms with Gasteiger partial charge in [0, 0.05) is 31.4 Å². The van der Waals surface area contributed by atoms with Crippen LogP contribution in [0.15, 0.2) is 35.8 Å². The topological polar surface area (TPSA) is 36.4 Å². The highest BCUT2D eigenvalue weighted by Gasteiger charge is 2.30. The minimum atomic E-state index is 0.0153. The highest BCUT2D eigenvalue weighted by Crippen LogP contribution is 2.21. The summed E-state index contributed by atoms with van der Waals surface area (Å²) in [4.78, 5) is 22.9. The molecule has 1 aliphatic rings. The number of nitrogens with zero attached hydrogens (tertiary/aromatic N) is 3. The number of thiazole rings is 1. The molecule has 4 nitrogen and oxygen atoms in total. The maximum absolute atomic E-state index is 13.0. The first-order chi connectivity index (χ1) is 12.1. The maximum Gasteiger partial charge on any atom is 0.239 e. The average Bonchev–Trinajstić information content (AvgIpc) is 3.05. The zero-order valence-electron chi connectivity index (χ0n) is 15.1. The van der Waals surface area contributed by atoms with E-state index in [1.807, 2.05) is 30.4 Å². The van der Waals surface area contributed by atoms with Crippen LogP contribution < -0.4 is 0 Å². The fourth-order valence-electron chi connectivity index (χ4n) is 3.48. The van der Waals surface area contributed by atoms with E-state index in [4.69, 9.17) is 0 Å². The molecular weight excluding hydrogens is 330 g/mol. The summed E-state index contributed by atoms with van der Waals surface area (Å²) in [6.45, 7) is 4.67. The number of benzene rings is 1. The number of aryl methyl sites for hydroxylation is 1. The van der Waals surface area contributed by atoms with Gasteiger partial charge in [0.05, 0.1) is 17.2 Å². The molecule has 1 atom stereocenters. The van der Waals surface area contributed by atoms with Crippen LogP contribution in [0.25, 0.3) is 0 Å². The van der Waals surface area contributed by atoms with Crippen molar-refractivity contribution in [3.05, 3.63) is 52.0 Å². The number of hydrogen-bond acceptors (Lipinski definition) is 4. The van der Waals surface area contributed by atoms with Crippen LogP contribution in [0, 0.1) is 6.92 Å². The normalized spacial score (nSPS) is 18.2. The summed E-state index contributed by atoms with van der Waals surface area (Å²) in [7, 11) is 1.94. The van der Waals surface area contributed by atoms with E-state index < -0.39 is 0 Å². The number of amides is 1. The zero-order chi connectivity index (χ0) is 17.6. The Hall–Kier alpha value is -1.72. The second kappa shape index (κ2) is 8.59. The molecule has 1 amide bonds. The molecule has 2 aromatic rings. The van der Waals surface area contributed by atoms with E-state index in [2.05, 4.69) is 34.1 Å². The largest absolute Gasteiger partial charge is 0.344 e. The van der Waals surface area contributed by atoms with Crippen molar-refractivity contribution in [2.45, 2.75) is 45.2 Å². The molecule has 3 rings (SSSR count). The van der Waals surface area contributed by atoms with Gasteiger partial charge < -0.3 is 4.90 Å². The smallest absolute Gasteiger partial charge is 0.239 e. The van der Waals surface area contributed by atoms with Gasteiger partial charge in [-0.3, -0.25) is 9.69 Å². The lowest BCUT2D eigenvalue weighted by Crippen LogP contribution is -2.49. The lowest BCUT2D eigenvalue weighted by molar-refractivity contribution is -0.137. The number of likely N-dealkylation sites (N-methyl/N-ethyl adjacent to an activating group) is 1. The summed E-state index contributed by atoms with van der Waals surface area (Å²) < 4.78 is 0. The second-order valence-corrected chi connectivity index (χ2v) is 7.78. The van der Waals surface area contributed by atoms with E-state index in [0.717, 1.165) is 44.6 Å². The first kappa shape index (κ1) is 18.1. The number of carbonyl (C=O) groups is 1. The van der Waals surface area contributed by atoms with Crippen molar-refractivity contribution < 1.29 is 4.79 Å². The van der Waals surface area contributed by atoms with Crippen molar-refractivity contribution >= 4 is 17.2 Å². The van der Waals surface area contributed by atoms with E-state index in [0.29, 0.717) is 0 Å². The molecule has 25 heavy (non-hydrogen) atoms. The van der Waals surface area contributed by atoms with E-state index in [9.17, 15) is 4.79 Å². The van der Waals surface area contributed by atoms with Gasteiger partial charge >= 0.3 is 0 Å². The summed E-state index contributed by atoms with van der Waals surface area (Å²) >= 11 is 1.68. The van der Waals surface area contributed by atoms with E-state index in [1.165, 1.54) is 16.9 Å². The predicted molar refractivity (Wildman–Crippen MR) is 103 cm³/mol. The Kier molecular flexibility index (Phi) is 6.21. The Balaban J connectivity index is 1.60. The number of piperidine rings is 1. The van der Waals surface area contributed by atoms with E-state index in [1.54, 1.807) is 11.3 Å². The third kappa shape index (κ3) is 4.67. The highest BCUT2D eigenvalue weighted by atomic mass is 32.1. The standard InChI is InChI=1S/C20H27N3OS/c1-16-19(25-15-21-16)11-13-22(2)20(24)18-10-6-7-12-23(18)14-17-8-4-3-5-9-17/h3-5,8-9,15,18H,6-7,10-14H2,1-2H3/t18-/m0/s1. The van der Waals surface area contributed by atoms with Gasteiger partial charge in [0.1, 0.15) is 0 Å². The van der Waals surface area contributed by atoms with E-state index in [-0.39, 0.29) is 11.9 Å².